The zero-order valence-corrected chi connectivity index (χ0v) is 10.2. The third kappa shape index (κ3) is 3.33. The molecular formula is C14H25NO. The number of hydrogen-bond acceptors (Lipinski definition) is 2. The molecule has 1 saturated carbocycles. The van der Waals surface area contributed by atoms with Gasteiger partial charge < -0.3 is 10.4 Å². The standard InChI is InChI=1S/C14H25NO/c16-11-13-8-4-5-9-14(13)15-10-12-6-2-1-3-7-12/h1-2,12-16H,3-11H2. The molecule has 0 bridgehead atoms. The SMILES string of the molecule is OCC1CCCCC1NCC1CC=CCC1. The van der Waals surface area contributed by atoms with Crippen molar-refractivity contribution < 1.29 is 5.11 Å². The van der Waals surface area contributed by atoms with E-state index in [0.29, 0.717) is 18.6 Å². The highest BCUT2D eigenvalue weighted by Gasteiger charge is 2.24. The Hall–Kier alpha value is -0.340. The number of allylic oxidation sites excluding steroid dienone is 2. The first kappa shape index (κ1) is 12.1. The number of hydrogen-bond donors (Lipinski definition) is 2. The van der Waals surface area contributed by atoms with Crippen molar-refractivity contribution in [1.29, 1.82) is 0 Å². The lowest BCUT2D eigenvalue weighted by Crippen LogP contribution is -2.42. The fourth-order valence-corrected chi connectivity index (χ4v) is 3.05. The molecule has 2 N–H and O–H groups in total. The predicted octanol–water partition coefficient (Wildman–Crippen LogP) is 2.48. The molecule has 16 heavy (non-hydrogen) atoms. The van der Waals surface area contributed by atoms with Crippen LogP contribution in [0.25, 0.3) is 0 Å². The second kappa shape index (κ2) is 6.41. The van der Waals surface area contributed by atoms with Gasteiger partial charge in [0.15, 0.2) is 0 Å². The molecule has 0 aromatic heterocycles. The van der Waals surface area contributed by atoms with Crippen molar-refractivity contribution >= 4 is 0 Å². The van der Waals surface area contributed by atoms with Crippen molar-refractivity contribution in [3.63, 3.8) is 0 Å². The van der Waals surface area contributed by atoms with Crippen LogP contribution >= 0.6 is 0 Å². The molecule has 0 heterocycles. The van der Waals surface area contributed by atoms with Crippen molar-refractivity contribution in [3.8, 4) is 0 Å². The van der Waals surface area contributed by atoms with E-state index in [1.165, 1.54) is 44.9 Å². The van der Waals surface area contributed by atoms with Gasteiger partial charge in [0.2, 0.25) is 0 Å². The zero-order chi connectivity index (χ0) is 11.2. The van der Waals surface area contributed by atoms with E-state index in [1.54, 1.807) is 0 Å². The fraction of sp³-hybridized carbons (Fsp3) is 0.857. The molecular weight excluding hydrogens is 198 g/mol. The van der Waals surface area contributed by atoms with Crippen LogP contribution in [0.3, 0.4) is 0 Å². The van der Waals surface area contributed by atoms with Gasteiger partial charge in [0.25, 0.3) is 0 Å². The number of aliphatic hydroxyl groups is 1. The maximum absolute atomic E-state index is 9.35. The van der Waals surface area contributed by atoms with E-state index in [0.717, 1.165) is 12.5 Å². The molecule has 2 heteroatoms. The van der Waals surface area contributed by atoms with Gasteiger partial charge in [-0.15, -0.1) is 0 Å². The van der Waals surface area contributed by atoms with Gasteiger partial charge in [-0.3, -0.25) is 0 Å². The normalized spacial score (nSPS) is 35.2. The van der Waals surface area contributed by atoms with Gasteiger partial charge in [-0.05, 0) is 50.5 Å². The molecule has 0 aromatic rings. The van der Waals surface area contributed by atoms with Crippen molar-refractivity contribution in [2.75, 3.05) is 13.2 Å². The molecule has 0 aliphatic heterocycles. The molecule has 0 radical (unpaired) electrons. The topological polar surface area (TPSA) is 32.3 Å². The summed E-state index contributed by atoms with van der Waals surface area (Å²) in [6.45, 7) is 1.51. The first-order valence-electron chi connectivity index (χ1n) is 6.89. The van der Waals surface area contributed by atoms with Crippen LogP contribution in [0.15, 0.2) is 12.2 Å². The van der Waals surface area contributed by atoms with E-state index < -0.39 is 0 Å². The maximum atomic E-state index is 9.35. The summed E-state index contributed by atoms with van der Waals surface area (Å²) in [5.74, 6) is 1.33. The van der Waals surface area contributed by atoms with E-state index in [-0.39, 0.29) is 0 Å². The molecule has 2 aliphatic rings. The lowest BCUT2D eigenvalue weighted by molar-refractivity contribution is 0.149. The molecule has 0 saturated heterocycles. The fourth-order valence-electron chi connectivity index (χ4n) is 3.05. The van der Waals surface area contributed by atoms with Gasteiger partial charge in [-0.25, -0.2) is 0 Å². The van der Waals surface area contributed by atoms with E-state index in [2.05, 4.69) is 17.5 Å². The van der Waals surface area contributed by atoms with E-state index in [9.17, 15) is 5.11 Å². The van der Waals surface area contributed by atoms with Gasteiger partial charge in [-0.1, -0.05) is 25.0 Å². The van der Waals surface area contributed by atoms with E-state index in [1.807, 2.05) is 0 Å². The van der Waals surface area contributed by atoms with Crippen LogP contribution < -0.4 is 5.32 Å². The van der Waals surface area contributed by atoms with Crippen molar-refractivity contribution in [2.24, 2.45) is 11.8 Å². The van der Waals surface area contributed by atoms with Crippen LogP contribution in [0.1, 0.15) is 44.9 Å². The largest absolute Gasteiger partial charge is 0.396 e. The zero-order valence-electron chi connectivity index (χ0n) is 10.2. The van der Waals surface area contributed by atoms with Crippen molar-refractivity contribution in [2.45, 2.75) is 51.0 Å². The van der Waals surface area contributed by atoms with Crippen LogP contribution in [0.5, 0.6) is 0 Å². The molecule has 2 nitrogen and oxygen atoms in total. The summed E-state index contributed by atoms with van der Waals surface area (Å²) in [5, 5.41) is 13.0. The summed E-state index contributed by atoms with van der Waals surface area (Å²) in [7, 11) is 0. The van der Waals surface area contributed by atoms with Crippen LogP contribution in [0.2, 0.25) is 0 Å². The molecule has 3 unspecified atom stereocenters. The summed E-state index contributed by atoms with van der Waals surface area (Å²) in [4.78, 5) is 0. The Balaban J connectivity index is 1.72. The Labute approximate surface area is 99.1 Å². The van der Waals surface area contributed by atoms with Gasteiger partial charge in [0, 0.05) is 12.6 Å². The molecule has 0 spiro atoms. The average molecular weight is 223 g/mol. The Kier molecular flexibility index (Phi) is 4.86. The van der Waals surface area contributed by atoms with Gasteiger partial charge in [0.1, 0.15) is 0 Å². The first-order chi connectivity index (χ1) is 7.90. The first-order valence-corrected chi connectivity index (χ1v) is 6.89. The van der Waals surface area contributed by atoms with E-state index >= 15 is 0 Å². The Morgan fingerprint density at radius 2 is 2.00 bits per heavy atom. The van der Waals surface area contributed by atoms with E-state index in [4.69, 9.17) is 0 Å². The number of nitrogens with one attached hydrogen (secondary N) is 1. The molecule has 92 valence electrons. The van der Waals surface area contributed by atoms with Crippen molar-refractivity contribution in [3.05, 3.63) is 12.2 Å². The minimum Gasteiger partial charge on any atom is -0.396 e. The van der Waals surface area contributed by atoms with Crippen LogP contribution in [0.4, 0.5) is 0 Å². The van der Waals surface area contributed by atoms with Gasteiger partial charge >= 0.3 is 0 Å². The maximum Gasteiger partial charge on any atom is 0.0474 e. The average Bonchev–Trinajstić information content (AvgIpc) is 2.38. The molecule has 0 amide bonds. The quantitative estimate of drug-likeness (QED) is 0.718. The minimum absolute atomic E-state index is 0.363. The van der Waals surface area contributed by atoms with Crippen LogP contribution in [-0.4, -0.2) is 24.3 Å². The molecule has 2 rings (SSSR count). The highest BCUT2D eigenvalue weighted by Crippen LogP contribution is 2.25. The third-order valence-corrected chi connectivity index (χ3v) is 4.19. The molecule has 2 aliphatic carbocycles. The minimum atomic E-state index is 0.363. The predicted molar refractivity (Wildman–Crippen MR) is 67.3 cm³/mol. The monoisotopic (exact) mass is 223 g/mol. The molecule has 0 aromatic carbocycles. The molecule has 1 fully saturated rings. The summed E-state index contributed by atoms with van der Waals surface area (Å²) < 4.78 is 0. The highest BCUT2D eigenvalue weighted by molar-refractivity contribution is 4.91. The molecule has 3 atom stereocenters. The Morgan fingerprint density at radius 1 is 1.12 bits per heavy atom. The smallest absolute Gasteiger partial charge is 0.0474 e. The van der Waals surface area contributed by atoms with Gasteiger partial charge in [0.05, 0.1) is 0 Å². The van der Waals surface area contributed by atoms with Crippen LogP contribution in [0, 0.1) is 11.8 Å². The van der Waals surface area contributed by atoms with Crippen LogP contribution in [-0.2, 0) is 0 Å². The summed E-state index contributed by atoms with van der Waals surface area (Å²) >= 11 is 0. The van der Waals surface area contributed by atoms with Gasteiger partial charge in [-0.2, -0.15) is 0 Å². The lowest BCUT2D eigenvalue weighted by atomic mass is 9.84. The summed E-state index contributed by atoms with van der Waals surface area (Å²) in [6, 6.07) is 0.574. The van der Waals surface area contributed by atoms with Crippen molar-refractivity contribution in [1.82, 2.24) is 5.32 Å². The summed E-state index contributed by atoms with van der Waals surface area (Å²) in [5.41, 5.74) is 0. The Bertz CT molecular complexity index is 227. The second-order valence-corrected chi connectivity index (χ2v) is 5.39. The highest BCUT2D eigenvalue weighted by atomic mass is 16.3. The lowest BCUT2D eigenvalue weighted by Gasteiger charge is -2.32. The second-order valence-electron chi connectivity index (χ2n) is 5.39. The third-order valence-electron chi connectivity index (χ3n) is 4.19. The summed E-state index contributed by atoms with van der Waals surface area (Å²) in [6.07, 6.45) is 13.5. The number of aliphatic hydroxyl groups excluding tert-OH is 1. The number of rotatable bonds is 4. The Morgan fingerprint density at radius 3 is 2.75 bits per heavy atom.